The zero-order valence-corrected chi connectivity index (χ0v) is 13.1. The summed E-state index contributed by atoms with van der Waals surface area (Å²) in [6.45, 7) is 3.77. The summed E-state index contributed by atoms with van der Waals surface area (Å²) < 4.78 is 1.99. The zero-order chi connectivity index (χ0) is 15.5. The summed E-state index contributed by atoms with van der Waals surface area (Å²) in [6, 6.07) is 0. The number of carbonyl (C=O) groups is 2. The van der Waals surface area contributed by atoms with Gasteiger partial charge in [0.05, 0.1) is 5.52 Å². The SMILES string of the molecule is Cc1c(C2CC2)c(C)c2c(C(=O)O)c(C(=O)O)nn2c1Br. The Hall–Kier alpha value is -1.89. The van der Waals surface area contributed by atoms with E-state index in [1.165, 1.54) is 4.52 Å². The van der Waals surface area contributed by atoms with Crippen molar-refractivity contribution in [3.63, 3.8) is 0 Å². The minimum atomic E-state index is -1.34. The van der Waals surface area contributed by atoms with Gasteiger partial charge in [-0.05, 0) is 65.2 Å². The molecule has 1 fully saturated rings. The van der Waals surface area contributed by atoms with Crippen LogP contribution in [0.15, 0.2) is 4.60 Å². The average Bonchev–Trinajstić information content (AvgIpc) is 3.13. The van der Waals surface area contributed by atoms with Crippen molar-refractivity contribution in [2.24, 2.45) is 0 Å². The fourth-order valence-corrected chi connectivity index (χ4v) is 3.39. The predicted octanol–water partition coefficient (Wildman–Crippen LogP) is 2.99. The van der Waals surface area contributed by atoms with Gasteiger partial charge in [-0.2, -0.15) is 5.10 Å². The lowest BCUT2D eigenvalue weighted by molar-refractivity contribution is 0.0649. The summed E-state index contributed by atoms with van der Waals surface area (Å²) in [5, 5.41) is 22.6. The van der Waals surface area contributed by atoms with Gasteiger partial charge in [0.2, 0.25) is 0 Å². The monoisotopic (exact) mass is 352 g/mol. The van der Waals surface area contributed by atoms with E-state index < -0.39 is 17.6 Å². The normalized spacial score (nSPS) is 14.6. The summed E-state index contributed by atoms with van der Waals surface area (Å²) >= 11 is 3.42. The molecule has 1 aliphatic carbocycles. The molecule has 0 atom stereocenters. The van der Waals surface area contributed by atoms with Gasteiger partial charge >= 0.3 is 11.9 Å². The number of carboxylic acid groups (broad SMARTS) is 2. The molecule has 1 saturated carbocycles. The number of halogens is 1. The highest BCUT2D eigenvalue weighted by Crippen LogP contribution is 2.46. The molecule has 0 bridgehead atoms. The van der Waals surface area contributed by atoms with Crippen molar-refractivity contribution in [2.75, 3.05) is 0 Å². The maximum absolute atomic E-state index is 11.5. The Balaban J connectivity index is 2.50. The van der Waals surface area contributed by atoms with Crippen LogP contribution in [0.3, 0.4) is 0 Å². The van der Waals surface area contributed by atoms with Crippen LogP contribution in [0.2, 0.25) is 0 Å². The molecule has 6 nitrogen and oxygen atoms in total. The summed E-state index contributed by atoms with van der Waals surface area (Å²) in [4.78, 5) is 22.8. The molecule has 0 unspecified atom stereocenters. The molecule has 7 heteroatoms. The number of aryl methyl sites for hydroxylation is 1. The Morgan fingerprint density at radius 3 is 2.29 bits per heavy atom. The van der Waals surface area contributed by atoms with E-state index in [1.54, 1.807) is 0 Å². The van der Waals surface area contributed by atoms with Gasteiger partial charge in [-0.3, -0.25) is 0 Å². The third-order valence-corrected chi connectivity index (χ3v) is 4.88. The number of carboxylic acids is 2. The molecule has 0 aromatic carbocycles. The van der Waals surface area contributed by atoms with Gasteiger partial charge in [0.1, 0.15) is 10.2 Å². The van der Waals surface area contributed by atoms with Crippen LogP contribution >= 0.6 is 15.9 Å². The average molecular weight is 353 g/mol. The summed E-state index contributed by atoms with van der Waals surface area (Å²) in [6.07, 6.45) is 2.15. The first kappa shape index (κ1) is 14.1. The van der Waals surface area contributed by atoms with Crippen molar-refractivity contribution >= 4 is 33.4 Å². The molecule has 0 amide bonds. The molecular formula is C14H13BrN2O4. The number of nitrogens with zero attached hydrogens (tertiary/aromatic N) is 2. The molecule has 2 heterocycles. The van der Waals surface area contributed by atoms with Gasteiger partial charge in [-0.15, -0.1) is 0 Å². The molecule has 0 spiro atoms. The van der Waals surface area contributed by atoms with Crippen LogP contribution in [0.25, 0.3) is 5.52 Å². The number of aromatic carboxylic acids is 2. The highest BCUT2D eigenvalue weighted by molar-refractivity contribution is 9.10. The number of rotatable bonds is 3. The minimum Gasteiger partial charge on any atom is -0.478 e. The molecule has 2 N–H and O–H groups in total. The van der Waals surface area contributed by atoms with Gasteiger partial charge in [0.25, 0.3) is 0 Å². The summed E-state index contributed by atoms with van der Waals surface area (Å²) in [5.74, 6) is -2.19. The van der Waals surface area contributed by atoms with E-state index in [4.69, 9.17) is 0 Å². The number of hydrogen-bond donors (Lipinski definition) is 2. The molecular weight excluding hydrogens is 340 g/mol. The smallest absolute Gasteiger partial charge is 0.357 e. The number of aromatic nitrogens is 2. The predicted molar refractivity (Wildman–Crippen MR) is 78.3 cm³/mol. The van der Waals surface area contributed by atoms with Gasteiger partial charge in [-0.25, -0.2) is 14.1 Å². The fraction of sp³-hybridized carbons (Fsp3) is 0.357. The van der Waals surface area contributed by atoms with Crippen molar-refractivity contribution in [3.8, 4) is 0 Å². The Kier molecular flexibility index (Phi) is 3.05. The summed E-state index contributed by atoms with van der Waals surface area (Å²) in [7, 11) is 0. The summed E-state index contributed by atoms with van der Waals surface area (Å²) in [5.41, 5.74) is 2.57. The molecule has 21 heavy (non-hydrogen) atoms. The van der Waals surface area contributed by atoms with Gasteiger partial charge in [-0.1, -0.05) is 0 Å². The van der Waals surface area contributed by atoms with Crippen LogP contribution < -0.4 is 0 Å². The lowest BCUT2D eigenvalue weighted by Crippen LogP contribution is -2.07. The second-order valence-electron chi connectivity index (χ2n) is 5.32. The highest BCUT2D eigenvalue weighted by atomic mass is 79.9. The molecule has 0 aliphatic heterocycles. The fourth-order valence-electron chi connectivity index (χ4n) is 2.92. The van der Waals surface area contributed by atoms with Crippen molar-refractivity contribution in [2.45, 2.75) is 32.6 Å². The van der Waals surface area contributed by atoms with Crippen LogP contribution in [0.5, 0.6) is 0 Å². The van der Waals surface area contributed by atoms with E-state index in [2.05, 4.69) is 21.0 Å². The van der Waals surface area contributed by atoms with E-state index in [0.717, 1.165) is 29.5 Å². The second kappa shape index (κ2) is 4.56. The van der Waals surface area contributed by atoms with Gasteiger partial charge in [0.15, 0.2) is 5.69 Å². The van der Waals surface area contributed by atoms with Crippen LogP contribution in [0.4, 0.5) is 0 Å². The van der Waals surface area contributed by atoms with Crippen molar-refractivity contribution in [1.29, 1.82) is 0 Å². The third kappa shape index (κ3) is 1.95. The molecule has 110 valence electrons. The van der Waals surface area contributed by atoms with E-state index in [-0.39, 0.29) is 5.56 Å². The largest absolute Gasteiger partial charge is 0.478 e. The van der Waals surface area contributed by atoms with Crippen molar-refractivity contribution in [3.05, 3.63) is 32.6 Å². The first-order valence-corrected chi connectivity index (χ1v) is 7.31. The van der Waals surface area contributed by atoms with Gasteiger partial charge < -0.3 is 10.2 Å². The molecule has 2 aromatic heterocycles. The Labute approximate surface area is 128 Å². The highest BCUT2D eigenvalue weighted by Gasteiger charge is 2.33. The minimum absolute atomic E-state index is 0.248. The molecule has 1 aliphatic rings. The second-order valence-corrected chi connectivity index (χ2v) is 6.07. The topological polar surface area (TPSA) is 91.9 Å². The quantitative estimate of drug-likeness (QED) is 0.828. The molecule has 2 aromatic rings. The molecule has 0 radical (unpaired) electrons. The maximum atomic E-state index is 11.5. The lowest BCUT2D eigenvalue weighted by Gasteiger charge is -2.13. The number of fused-ring (bicyclic) bond motifs is 1. The van der Waals surface area contributed by atoms with Crippen LogP contribution in [-0.2, 0) is 0 Å². The number of pyridine rings is 1. The molecule has 0 saturated heterocycles. The Morgan fingerprint density at radius 2 is 1.81 bits per heavy atom. The standard InChI is InChI=1S/C14H13BrN2O4/c1-5-8(7-3-4-7)6(2)12(15)17-11(5)9(13(18)19)10(16-17)14(20)21/h7H,3-4H2,1-2H3,(H,18,19)(H,20,21). The van der Waals surface area contributed by atoms with E-state index >= 15 is 0 Å². The molecule has 3 rings (SSSR count). The maximum Gasteiger partial charge on any atom is 0.357 e. The van der Waals surface area contributed by atoms with Crippen LogP contribution in [0.1, 0.15) is 56.3 Å². The number of hydrogen-bond acceptors (Lipinski definition) is 3. The lowest BCUT2D eigenvalue weighted by atomic mass is 9.98. The van der Waals surface area contributed by atoms with Crippen LogP contribution in [0, 0.1) is 13.8 Å². The van der Waals surface area contributed by atoms with Crippen molar-refractivity contribution in [1.82, 2.24) is 9.61 Å². The first-order valence-electron chi connectivity index (χ1n) is 6.52. The van der Waals surface area contributed by atoms with E-state index in [0.29, 0.717) is 16.0 Å². The Morgan fingerprint density at radius 1 is 1.19 bits per heavy atom. The van der Waals surface area contributed by atoms with E-state index in [9.17, 15) is 19.8 Å². The first-order chi connectivity index (χ1) is 9.84. The third-order valence-electron chi connectivity index (χ3n) is 3.95. The Bertz CT molecular complexity index is 805. The zero-order valence-electron chi connectivity index (χ0n) is 11.5. The van der Waals surface area contributed by atoms with Gasteiger partial charge in [0, 0.05) is 0 Å². The van der Waals surface area contributed by atoms with Crippen LogP contribution in [-0.4, -0.2) is 31.8 Å². The van der Waals surface area contributed by atoms with Crippen molar-refractivity contribution < 1.29 is 19.8 Å². The van der Waals surface area contributed by atoms with E-state index in [1.807, 2.05) is 13.8 Å².